The topological polar surface area (TPSA) is 27.1 Å². The minimum Gasteiger partial charge on any atom is -0.367 e. The first-order valence-corrected chi connectivity index (χ1v) is 8.05. The summed E-state index contributed by atoms with van der Waals surface area (Å²) in [4.78, 5) is 4.08. The van der Waals surface area contributed by atoms with Gasteiger partial charge in [0, 0.05) is 28.0 Å². The van der Waals surface area contributed by atoms with Crippen molar-refractivity contribution in [2.75, 3.05) is 0 Å². The summed E-state index contributed by atoms with van der Waals surface area (Å²) in [5.74, 6) is 0. The Morgan fingerprint density at radius 2 is 1.74 bits per heavy atom. The Labute approximate surface area is 145 Å². The van der Waals surface area contributed by atoms with E-state index in [0.29, 0.717) is 23.2 Å². The summed E-state index contributed by atoms with van der Waals surface area (Å²) in [6.45, 7) is 1.05. The van der Waals surface area contributed by atoms with Crippen LogP contribution in [0, 0.1) is 0 Å². The molecule has 3 aromatic rings. The molecule has 3 nitrogen and oxygen atoms in total. The molecular weight excluding hydrogens is 331 g/mol. The van der Waals surface area contributed by atoms with Gasteiger partial charge in [-0.2, -0.15) is 0 Å². The number of ether oxygens (including phenoxy) is 1. The molecule has 0 bridgehead atoms. The molecule has 1 aromatic heterocycles. The Morgan fingerprint density at radius 3 is 2.43 bits per heavy atom. The van der Waals surface area contributed by atoms with E-state index in [1.165, 1.54) is 0 Å². The molecule has 23 heavy (non-hydrogen) atoms. The van der Waals surface area contributed by atoms with E-state index in [4.69, 9.17) is 27.9 Å². The number of hydrogen-bond donors (Lipinski definition) is 0. The molecule has 1 unspecified atom stereocenters. The quantitative estimate of drug-likeness (QED) is 0.617. The van der Waals surface area contributed by atoms with E-state index in [2.05, 4.69) is 4.98 Å². The van der Waals surface area contributed by atoms with Crippen LogP contribution in [0.2, 0.25) is 10.0 Å². The number of aromatic nitrogens is 2. The molecule has 0 radical (unpaired) electrons. The summed E-state index contributed by atoms with van der Waals surface area (Å²) in [7, 11) is 0. The van der Waals surface area contributed by atoms with Crippen LogP contribution < -0.4 is 0 Å². The molecule has 0 spiro atoms. The smallest absolute Gasteiger partial charge is 0.102 e. The third-order valence-corrected chi connectivity index (χ3v) is 4.30. The van der Waals surface area contributed by atoms with Gasteiger partial charge in [0.2, 0.25) is 0 Å². The second-order valence-electron chi connectivity index (χ2n) is 5.17. The van der Waals surface area contributed by atoms with Gasteiger partial charge in [-0.25, -0.2) is 4.98 Å². The van der Waals surface area contributed by atoms with Crippen molar-refractivity contribution in [1.82, 2.24) is 9.55 Å². The molecule has 0 aliphatic heterocycles. The monoisotopic (exact) mass is 346 g/mol. The Kier molecular flexibility index (Phi) is 5.34. The number of benzene rings is 2. The maximum absolute atomic E-state index is 6.34. The van der Waals surface area contributed by atoms with Crippen molar-refractivity contribution < 1.29 is 4.74 Å². The lowest BCUT2D eigenvalue weighted by Gasteiger charge is -2.20. The van der Waals surface area contributed by atoms with E-state index >= 15 is 0 Å². The second kappa shape index (κ2) is 7.64. The maximum Gasteiger partial charge on any atom is 0.102 e. The average Bonchev–Trinajstić information content (AvgIpc) is 3.06. The van der Waals surface area contributed by atoms with Crippen molar-refractivity contribution in [3.8, 4) is 0 Å². The Morgan fingerprint density at radius 1 is 1.00 bits per heavy atom. The molecule has 0 aliphatic carbocycles. The largest absolute Gasteiger partial charge is 0.367 e. The van der Waals surface area contributed by atoms with E-state index in [1.807, 2.05) is 59.3 Å². The molecule has 118 valence electrons. The van der Waals surface area contributed by atoms with Gasteiger partial charge in [0.25, 0.3) is 0 Å². The molecule has 0 N–H and O–H groups in total. The van der Waals surface area contributed by atoms with Crippen molar-refractivity contribution in [2.45, 2.75) is 19.3 Å². The second-order valence-corrected chi connectivity index (χ2v) is 5.99. The Hall–Kier alpha value is -1.81. The van der Waals surface area contributed by atoms with Crippen LogP contribution in [0.3, 0.4) is 0 Å². The van der Waals surface area contributed by atoms with E-state index in [9.17, 15) is 0 Å². The third kappa shape index (κ3) is 4.14. The summed E-state index contributed by atoms with van der Waals surface area (Å²) in [5.41, 5.74) is 1.91. The van der Waals surface area contributed by atoms with Gasteiger partial charge >= 0.3 is 0 Å². The highest BCUT2D eigenvalue weighted by molar-refractivity contribution is 6.31. The first kappa shape index (κ1) is 16.1. The van der Waals surface area contributed by atoms with Crippen LogP contribution in [0.1, 0.15) is 17.2 Å². The standard InChI is InChI=1S/C18H16Cl2N2O/c19-16-7-3-1-5-14(16)12-23-18(11-22-10-9-21-13-22)15-6-2-4-8-17(15)20/h1-10,13,18H,11-12H2. The lowest BCUT2D eigenvalue weighted by Crippen LogP contribution is -2.12. The minimum atomic E-state index is -0.186. The van der Waals surface area contributed by atoms with Crippen LogP contribution >= 0.6 is 23.2 Å². The van der Waals surface area contributed by atoms with Gasteiger partial charge in [0.05, 0.1) is 19.5 Å². The number of nitrogens with zero attached hydrogens (tertiary/aromatic N) is 2. The molecule has 1 heterocycles. The molecule has 0 saturated carbocycles. The highest BCUT2D eigenvalue weighted by atomic mass is 35.5. The summed E-state index contributed by atoms with van der Waals surface area (Å²) in [6, 6.07) is 15.4. The van der Waals surface area contributed by atoms with Crippen LogP contribution in [0.15, 0.2) is 67.3 Å². The molecule has 3 rings (SSSR count). The molecule has 5 heteroatoms. The fraction of sp³-hybridized carbons (Fsp3) is 0.167. The minimum absolute atomic E-state index is 0.186. The number of rotatable bonds is 6. The Bertz CT molecular complexity index is 759. The number of hydrogen-bond acceptors (Lipinski definition) is 2. The van der Waals surface area contributed by atoms with E-state index in [1.54, 1.807) is 12.5 Å². The van der Waals surface area contributed by atoms with Crippen LogP contribution in [0.4, 0.5) is 0 Å². The summed E-state index contributed by atoms with van der Waals surface area (Å²) < 4.78 is 8.10. The molecule has 0 amide bonds. The van der Waals surface area contributed by atoms with Gasteiger partial charge in [-0.3, -0.25) is 0 Å². The van der Waals surface area contributed by atoms with Gasteiger partial charge in [0.15, 0.2) is 0 Å². The first-order chi connectivity index (χ1) is 11.2. The predicted octanol–water partition coefficient (Wildman–Crippen LogP) is 5.15. The van der Waals surface area contributed by atoms with E-state index in [0.717, 1.165) is 11.1 Å². The zero-order valence-electron chi connectivity index (χ0n) is 12.4. The normalized spacial score (nSPS) is 12.3. The Balaban J connectivity index is 1.80. The fourth-order valence-electron chi connectivity index (χ4n) is 2.37. The van der Waals surface area contributed by atoms with Crippen molar-refractivity contribution in [2.24, 2.45) is 0 Å². The molecule has 0 fully saturated rings. The number of imidazole rings is 1. The highest BCUT2D eigenvalue weighted by Crippen LogP contribution is 2.28. The average molecular weight is 347 g/mol. The zero-order chi connectivity index (χ0) is 16.1. The van der Waals surface area contributed by atoms with Crippen molar-refractivity contribution in [3.05, 3.63) is 88.4 Å². The summed E-state index contributed by atoms with van der Waals surface area (Å²) in [6.07, 6.45) is 5.23. The van der Waals surface area contributed by atoms with Crippen molar-refractivity contribution in [3.63, 3.8) is 0 Å². The predicted molar refractivity (Wildman–Crippen MR) is 92.7 cm³/mol. The van der Waals surface area contributed by atoms with Crippen molar-refractivity contribution in [1.29, 1.82) is 0 Å². The molecule has 2 aromatic carbocycles. The lowest BCUT2D eigenvalue weighted by molar-refractivity contribution is 0.0281. The zero-order valence-corrected chi connectivity index (χ0v) is 13.9. The van der Waals surface area contributed by atoms with Crippen LogP contribution in [-0.4, -0.2) is 9.55 Å². The molecule has 0 saturated heterocycles. The van der Waals surface area contributed by atoms with Crippen LogP contribution in [0.5, 0.6) is 0 Å². The molecule has 0 aliphatic rings. The molecule has 1 atom stereocenters. The molecular formula is C18H16Cl2N2O. The summed E-state index contributed by atoms with van der Waals surface area (Å²) >= 11 is 12.5. The van der Waals surface area contributed by atoms with E-state index in [-0.39, 0.29) is 6.10 Å². The maximum atomic E-state index is 6.34. The van der Waals surface area contributed by atoms with Gasteiger partial charge in [-0.15, -0.1) is 0 Å². The van der Waals surface area contributed by atoms with Crippen LogP contribution in [0.25, 0.3) is 0 Å². The van der Waals surface area contributed by atoms with Gasteiger partial charge < -0.3 is 9.30 Å². The van der Waals surface area contributed by atoms with Gasteiger partial charge in [0.1, 0.15) is 6.10 Å². The van der Waals surface area contributed by atoms with Gasteiger partial charge in [-0.1, -0.05) is 59.6 Å². The third-order valence-electron chi connectivity index (χ3n) is 3.59. The van der Waals surface area contributed by atoms with Gasteiger partial charge in [-0.05, 0) is 17.7 Å². The van der Waals surface area contributed by atoms with Crippen molar-refractivity contribution >= 4 is 23.2 Å². The van der Waals surface area contributed by atoms with E-state index < -0.39 is 0 Å². The first-order valence-electron chi connectivity index (χ1n) is 7.29. The SMILES string of the molecule is Clc1ccccc1COC(Cn1ccnc1)c1ccccc1Cl. The van der Waals surface area contributed by atoms with Crippen LogP contribution in [-0.2, 0) is 17.9 Å². The fourth-order valence-corrected chi connectivity index (χ4v) is 2.82. The summed E-state index contributed by atoms with van der Waals surface area (Å²) in [5, 5.41) is 1.39. The number of halogens is 2. The lowest BCUT2D eigenvalue weighted by atomic mass is 10.1. The highest BCUT2D eigenvalue weighted by Gasteiger charge is 2.16.